The molecule has 0 amide bonds. The molecule has 26 heavy (non-hydrogen) atoms. The maximum absolute atomic E-state index is 12.6. The summed E-state index contributed by atoms with van der Waals surface area (Å²) < 4.78 is 37.9. The van der Waals surface area contributed by atoms with Gasteiger partial charge >= 0.3 is 6.18 Å². The monoisotopic (exact) mass is 378 g/mol. The molecule has 1 heterocycles. The molecule has 4 nitrogen and oxygen atoms in total. The molecule has 3 aromatic rings. The number of rotatable bonds is 2. The van der Waals surface area contributed by atoms with E-state index in [1.54, 1.807) is 18.2 Å². The molecule has 2 aromatic carbocycles. The van der Waals surface area contributed by atoms with Gasteiger partial charge in [-0.3, -0.25) is 0 Å². The second kappa shape index (κ2) is 6.49. The van der Waals surface area contributed by atoms with Gasteiger partial charge in [0.2, 0.25) is 5.95 Å². The van der Waals surface area contributed by atoms with Gasteiger partial charge in [0, 0.05) is 10.4 Å². The lowest BCUT2D eigenvalue weighted by Gasteiger charge is -2.09. The smallest absolute Gasteiger partial charge is 0.383 e. The van der Waals surface area contributed by atoms with E-state index in [9.17, 15) is 13.2 Å². The van der Waals surface area contributed by atoms with Crippen LogP contribution < -0.4 is 11.5 Å². The Labute approximate surface area is 152 Å². The molecule has 3 rings (SSSR count). The number of aromatic nitrogens is 2. The third-order valence-electron chi connectivity index (χ3n) is 3.84. The summed E-state index contributed by atoms with van der Waals surface area (Å²) in [5.74, 6) is 0.314. The van der Waals surface area contributed by atoms with Crippen molar-refractivity contribution in [1.82, 2.24) is 9.97 Å². The summed E-state index contributed by atoms with van der Waals surface area (Å²) in [4.78, 5) is 8.11. The predicted molar refractivity (Wildman–Crippen MR) is 98.3 cm³/mol. The van der Waals surface area contributed by atoms with Crippen molar-refractivity contribution in [2.75, 3.05) is 11.5 Å². The van der Waals surface area contributed by atoms with Gasteiger partial charge in [0.15, 0.2) is 0 Å². The highest BCUT2D eigenvalue weighted by Gasteiger charge is 2.29. The summed E-state index contributed by atoms with van der Waals surface area (Å²) in [6, 6.07) is 8.26. The van der Waals surface area contributed by atoms with E-state index in [0.717, 1.165) is 17.7 Å². The van der Waals surface area contributed by atoms with Crippen molar-refractivity contribution < 1.29 is 13.2 Å². The highest BCUT2D eigenvalue weighted by molar-refractivity contribution is 6.51. The fourth-order valence-electron chi connectivity index (χ4n) is 2.58. The fraction of sp³-hybridized carbons (Fsp3) is 0.111. The average molecular weight is 379 g/mol. The predicted octanol–water partition coefficient (Wildman–Crippen LogP) is 4.86. The van der Waals surface area contributed by atoms with Crippen molar-refractivity contribution in [2.24, 2.45) is 0 Å². The average Bonchev–Trinajstić information content (AvgIpc) is 2.55. The first-order valence-electron chi connectivity index (χ1n) is 7.53. The Morgan fingerprint density at radius 3 is 2.35 bits per heavy atom. The Balaban J connectivity index is 2.02. The van der Waals surface area contributed by atoms with E-state index in [4.69, 9.17) is 23.1 Å². The largest absolute Gasteiger partial charge is 0.416 e. The second-order valence-corrected chi connectivity index (χ2v) is 6.18. The van der Waals surface area contributed by atoms with E-state index >= 15 is 0 Å². The van der Waals surface area contributed by atoms with Gasteiger partial charge in [-0.05, 0) is 54.0 Å². The van der Waals surface area contributed by atoms with Crippen LogP contribution in [-0.2, 0) is 6.18 Å². The van der Waals surface area contributed by atoms with Crippen LogP contribution in [0.1, 0.15) is 22.3 Å². The number of anilines is 2. The summed E-state index contributed by atoms with van der Waals surface area (Å²) in [5, 5.41) is 0.958. The number of halogens is 4. The van der Waals surface area contributed by atoms with Gasteiger partial charge in [-0.2, -0.15) is 18.2 Å². The molecule has 0 unspecified atom stereocenters. The topological polar surface area (TPSA) is 77.8 Å². The third kappa shape index (κ3) is 3.57. The van der Waals surface area contributed by atoms with E-state index in [1.807, 2.05) is 6.92 Å². The molecule has 8 heteroatoms. The molecular formula is C18H14ClF3N4. The van der Waals surface area contributed by atoms with Gasteiger partial charge in [0.05, 0.1) is 11.1 Å². The standard InChI is InChI=1S/C18H14ClF3N4/c1-9-6-11(8-13-15(9)25-17(24)26-16(13)23)14(19)7-10-2-4-12(5-3-10)18(20,21)22/h2-8H,1H3,(H4,23,24,25,26). The number of fused-ring (bicyclic) bond motifs is 1. The van der Waals surface area contributed by atoms with Crippen molar-refractivity contribution >= 4 is 45.4 Å². The quantitative estimate of drug-likeness (QED) is 0.624. The number of benzene rings is 2. The summed E-state index contributed by atoms with van der Waals surface area (Å²) >= 11 is 6.36. The number of alkyl halides is 3. The maximum Gasteiger partial charge on any atom is 0.416 e. The van der Waals surface area contributed by atoms with Crippen LogP contribution in [0, 0.1) is 6.92 Å². The van der Waals surface area contributed by atoms with Gasteiger partial charge in [-0.15, -0.1) is 0 Å². The van der Waals surface area contributed by atoms with Crippen molar-refractivity contribution in [2.45, 2.75) is 13.1 Å². The summed E-state index contributed by atoms with van der Waals surface area (Å²) in [5.41, 5.74) is 13.4. The lowest BCUT2D eigenvalue weighted by atomic mass is 10.0. The van der Waals surface area contributed by atoms with Crippen LogP contribution in [0.4, 0.5) is 24.9 Å². The molecule has 0 fully saturated rings. The van der Waals surface area contributed by atoms with Crippen LogP contribution >= 0.6 is 11.6 Å². The summed E-state index contributed by atoms with van der Waals surface area (Å²) in [6.45, 7) is 1.83. The minimum Gasteiger partial charge on any atom is -0.383 e. The van der Waals surface area contributed by atoms with Crippen molar-refractivity contribution in [3.8, 4) is 0 Å². The zero-order valence-electron chi connectivity index (χ0n) is 13.6. The third-order valence-corrected chi connectivity index (χ3v) is 4.17. The number of aryl methyl sites for hydroxylation is 1. The van der Waals surface area contributed by atoms with Crippen molar-refractivity contribution in [3.05, 3.63) is 58.7 Å². The van der Waals surface area contributed by atoms with Gasteiger partial charge in [-0.25, -0.2) is 4.98 Å². The normalized spacial score (nSPS) is 12.6. The Morgan fingerprint density at radius 1 is 1.08 bits per heavy atom. The van der Waals surface area contributed by atoms with E-state index < -0.39 is 11.7 Å². The highest BCUT2D eigenvalue weighted by atomic mass is 35.5. The molecule has 0 aliphatic heterocycles. The van der Waals surface area contributed by atoms with Crippen LogP contribution in [0.5, 0.6) is 0 Å². The van der Waals surface area contributed by atoms with Gasteiger partial charge in [0.25, 0.3) is 0 Å². The molecule has 0 saturated heterocycles. The van der Waals surface area contributed by atoms with Crippen LogP contribution in [-0.4, -0.2) is 9.97 Å². The maximum atomic E-state index is 12.6. The van der Waals surface area contributed by atoms with Crippen LogP contribution in [0.15, 0.2) is 36.4 Å². The molecule has 1 aromatic heterocycles. The van der Waals surface area contributed by atoms with E-state index in [-0.39, 0.29) is 11.8 Å². The molecule has 0 atom stereocenters. The van der Waals surface area contributed by atoms with E-state index in [1.165, 1.54) is 12.1 Å². The Bertz CT molecular complexity index is 1010. The molecule has 0 aliphatic carbocycles. The number of nitrogen functional groups attached to an aromatic ring is 2. The number of nitrogens with two attached hydrogens (primary N) is 2. The SMILES string of the molecule is Cc1cc(C(Cl)=Cc2ccc(C(F)(F)F)cc2)cc2c(N)nc(N)nc12. The first kappa shape index (κ1) is 18.0. The van der Waals surface area contributed by atoms with Crippen LogP contribution in [0.2, 0.25) is 0 Å². The van der Waals surface area contributed by atoms with E-state index in [0.29, 0.717) is 27.1 Å². The Hall–Kier alpha value is -2.80. The van der Waals surface area contributed by atoms with Crippen molar-refractivity contribution in [1.29, 1.82) is 0 Å². The first-order valence-corrected chi connectivity index (χ1v) is 7.91. The van der Waals surface area contributed by atoms with Gasteiger partial charge in [-0.1, -0.05) is 23.7 Å². The lowest BCUT2D eigenvalue weighted by molar-refractivity contribution is -0.137. The fourth-order valence-corrected chi connectivity index (χ4v) is 2.82. The minimum absolute atomic E-state index is 0.0808. The molecule has 134 valence electrons. The summed E-state index contributed by atoms with van der Waals surface area (Å²) in [6.07, 6.45) is -2.79. The zero-order chi connectivity index (χ0) is 19.1. The van der Waals surface area contributed by atoms with Gasteiger partial charge < -0.3 is 11.5 Å². The molecular weight excluding hydrogens is 365 g/mol. The second-order valence-electron chi connectivity index (χ2n) is 5.77. The molecule has 0 bridgehead atoms. The Kier molecular flexibility index (Phi) is 4.50. The van der Waals surface area contributed by atoms with Crippen molar-refractivity contribution in [3.63, 3.8) is 0 Å². The summed E-state index contributed by atoms with van der Waals surface area (Å²) in [7, 11) is 0. The van der Waals surface area contributed by atoms with Gasteiger partial charge in [0.1, 0.15) is 5.82 Å². The Morgan fingerprint density at radius 2 is 1.73 bits per heavy atom. The van der Waals surface area contributed by atoms with E-state index in [2.05, 4.69) is 9.97 Å². The minimum atomic E-state index is -4.37. The molecule has 0 aliphatic rings. The molecule has 0 spiro atoms. The molecule has 0 radical (unpaired) electrons. The number of hydrogen-bond donors (Lipinski definition) is 2. The zero-order valence-corrected chi connectivity index (χ0v) is 14.4. The molecule has 4 N–H and O–H groups in total. The first-order chi connectivity index (χ1) is 12.1. The molecule has 0 saturated carbocycles. The number of hydrogen-bond acceptors (Lipinski definition) is 4. The highest BCUT2D eigenvalue weighted by Crippen LogP contribution is 2.32. The number of nitrogens with zero attached hydrogens (tertiary/aromatic N) is 2. The van der Waals surface area contributed by atoms with Crippen LogP contribution in [0.3, 0.4) is 0 Å². The van der Waals surface area contributed by atoms with Crippen LogP contribution in [0.25, 0.3) is 22.0 Å². The lowest BCUT2D eigenvalue weighted by Crippen LogP contribution is -2.04.